The molecule has 4 nitrogen and oxygen atoms in total. The van der Waals surface area contributed by atoms with Gasteiger partial charge in [0.1, 0.15) is 0 Å². The molecule has 100 valence electrons. The van der Waals surface area contributed by atoms with E-state index in [0.29, 0.717) is 29.6 Å². The molecule has 0 radical (unpaired) electrons. The second-order valence-corrected chi connectivity index (χ2v) is 7.30. The third kappa shape index (κ3) is 2.65. The highest BCUT2D eigenvalue weighted by Crippen LogP contribution is 2.27. The van der Waals surface area contributed by atoms with Gasteiger partial charge in [-0.1, -0.05) is 29.3 Å². The molecule has 0 aromatic heterocycles. The van der Waals surface area contributed by atoms with Crippen LogP contribution in [-0.4, -0.2) is 31.1 Å². The minimum atomic E-state index is -3.27. The first-order valence-electron chi connectivity index (χ1n) is 5.58. The van der Waals surface area contributed by atoms with Gasteiger partial charge in [-0.15, -0.1) is 0 Å². The predicted octanol–water partition coefficient (Wildman–Crippen LogP) is 1.86. The lowest BCUT2D eigenvalue weighted by Gasteiger charge is -2.16. The lowest BCUT2D eigenvalue weighted by Crippen LogP contribution is -2.32. The van der Waals surface area contributed by atoms with Crippen molar-refractivity contribution in [2.24, 2.45) is 5.73 Å². The highest BCUT2D eigenvalue weighted by molar-refractivity contribution is 7.90. The molecular weight excluding hydrogens is 295 g/mol. The molecule has 1 aromatic rings. The third-order valence-electron chi connectivity index (χ3n) is 3.09. The summed E-state index contributed by atoms with van der Waals surface area (Å²) in [5.74, 6) is 0. The maximum atomic E-state index is 12.1. The molecule has 1 fully saturated rings. The topological polar surface area (TPSA) is 63.4 Å². The van der Waals surface area contributed by atoms with E-state index in [1.54, 1.807) is 18.2 Å². The summed E-state index contributed by atoms with van der Waals surface area (Å²) in [6.45, 7) is 0.986. The second kappa shape index (κ2) is 5.35. The van der Waals surface area contributed by atoms with Crippen molar-refractivity contribution >= 4 is 33.2 Å². The Morgan fingerprint density at radius 2 is 2.06 bits per heavy atom. The van der Waals surface area contributed by atoms with E-state index in [-0.39, 0.29) is 6.54 Å². The molecule has 0 saturated carbocycles. The fourth-order valence-electron chi connectivity index (χ4n) is 2.03. The van der Waals surface area contributed by atoms with Gasteiger partial charge in [-0.05, 0) is 24.1 Å². The van der Waals surface area contributed by atoms with Gasteiger partial charge in [0, 0.05) is 19.6 Å². The van der Waals surface area contributed by atoms with Gasteiger partial charge in [0.2, 0.25) is 10.0 Å². The van der Waals surface area contributed by atoms with E-state index in [4.69, 9.17) is 28.9 Å². The van der Waals surface area contributed by atoms with Crippen LogP contribution in [0.4, 0.5) is 0 Å². The summed E-state index contributed by atoms with van der Waals surface area (Å²) < 4.78 is 25.6. The number of benzene rings is 1. The molecule has 7 heteroatoms. The van der Waals surface area contributed by atoms with Gasteiger partial charge in [0.25, 0.3) is 0 Å². The van der Waals surface area contributed by atoms with Crippen molar-refractivity contribution in [3.05, 3.63) is 33.8 Å². The van der Waals surface area contributed by atoms with Gasteiger partial charge >= 0.3 is 0 Å². The largest absolute Gasteiger partial charge is 0.329 e. The minimum absolute atomic E-state index is 0.167. The van der Waals surface area contributed by atoms with Crippen LogP contribution in [0.1, 0.15) is 12.0 Å². The summed E-state index contributed by atoms with van der Waals surface area (Å²) in [6.07, 6.45) is 0.583. The van der Waals surface area contributed by atoms with E-state index in [1.807, 2.05) is 0 Å². The van der Waals surface area contributed by atoms with Gasteiger partial charge in [-0.25, -0.2) is 8.42 Å². The van der Waals surface area contributed by atoms with Crippen LogP contribution in [0.15, 0.2) is 18.2 Å². The molecule has 0 unspecified atom stereocenters. The zero-order chi connectivity index (χ0) is 13.3. The predicted molar refractivity (Wildman–Crippen MR) is 73.3 cm³/mol. The lowest BCUT2D eigenvalue weighted by molar-refractivity contribution is 0.440. The van der Waals surface area contributed by atoms with Crippen LogP contribution >= 0.6 is 23.2 Å². The average molecular weight is 309 g/mol. The summed E-state index contributed by atoms with van der Waals surface area (Å²) in [6, 6.07) is 5.14. The first-order chi connectivity index (χ1) is 8.45. The van der Waals surface area contributed by atoms with Crippen LogP contribution in [0.3, 0.4) is 0 Å². The molecule has 2 rings (SSSR count). The average Bonchev–Trinajstić information content (AvgIpc) is 2.59. The fourth-order valence-corrected chi connectivity index (χ4v) is 4.10. The maximum Gasteiger partial charge on any atom is 0.218 e. The Morgan fingerprint density at radius 1 is 1.33 bits per heavy atom. The Kier molecular flexibility index (Phi) is 4.18. The number of rotatable bonds is 3. The van der Waals surface area contributed by atoms with Crippen LogP contribution in [0, 0.1) is 0 Å². The minimum Gasteiger partial charge on any atom is -0.329 e. The van der Waals surface area contributed by atoms with Gasteiger partial charge in [0.05, 0.1) is 15.3 Å². The van der Waals surface area contributed by atoms with E-state index in [1.165, 1.54) is 4.31 Å². The van der Waals surface area contributed by atoms with Gasteiger partial charge in [0.15, 0.2) is 0 Å². The van der Waals surface area contributed by atoms with Gasteiger partial charge < -0.3 is 5.73 Å². The van der Waals surface area contributed by atoms with Crippen molar-refractivity contribution in [3.8, 4) is 0 Å². The van der Waals surface area contributed by atoms with Crippen LogP contribution in [0.25, 0.3) is 0 Å². The number of halogens is 2. The Morgan fingerprint density at radius 3 is 2.61 bits per heavy atom. The molecule has 1 aliphatic heterocycles. The zero-order valence-electron chi connectivity index (χ0n) is 9.64. The first-order valence-corrected chi connectivity index (χ1v) is 7.84. The van der Waals surface area contributed by atoms with E-state index in [0.717, 1.165) is 5.56 Å². The molecule has 0 amide bonds. The van der Waals surface area contributed by atoms with Crippen molar-refractivity contribution in [2.75, 3.05) is 13.1 Å². The van der Waals surface area contributed by atoms with E-state index in [9.17, 15) is 8.42 Å². The lowest BCUT2D eigenvalue weighted by atomic mass is 10.2. The Labute approximate surface area is 117 Å². The van der Waals surface area contributed by atoms with Crippen molar-refractivity contribution in [3.63, 3.8) is 0 Å². The van der Waals surface area contributed by atoms with Gasteiger partial charge in [-0.2, -0.15) is 4.31 Å². The number of nitrogens with zero attached hydrogens (tertiary/aromatic N) is 1. The van der Waals surface area contributed by atoms with Crippen LogP contribution in [0.5, 0.6) is 0 Å². The fraction of sp³-hybridized carbons (Fsp3) is 0.455. The molecule has 0 bridgehead atoms. The zero-order valence-corrected chi connectivity index (χ0v) is 12.0. The third-order valence-corrected chi connectivity index (χ3v) is 6.13. The van der Waals surface area contributed by atoms with Crippen molar-refractivity contribution in [2.45, 2.75) is 18.2 Å². The molecule has 2 N–H and O–H groups in total. The molecule has 1 aromatic carbocycles. The quantitative estimate of drug-likeness (QED) is 0.927. The summed E-state index contributed by atoms with van der Waals surface area (Å²) in [5, 5.41) is 0.436. The van der Waals surface area contributed by atoms with Crippen molar-refractivity contribution < 1.29 is 8.42 Å². The first kappa shape index (κ1) is 14.1. The summed E-state index contributed by atoms with van der Waals surface area (Å²) in [7, 11) is -3.27. The Hall–Kier alpha value is -0.330. The number of sulfonamides is 1. The van der Waals surface area contributed by atoms with E-state index < -0.39 is 15.3 Å². The molecular formula is C11H14Cl2N2O2S. The normalized spacial score (nSPS) is 23.4. The second-order valence-electron chi connectivity index (χ2n) is 4.27. The molecule has 1 aliphatic rings. The standard InChI is InChI=1S/C11H14Cl2N2O2S/c12-10-2-1-8(5-11(10)13)7-15-4-3-9(6-14)18(15,16)17/h1-2,5,9H,3-4,6-7,14H2/t9-/m0/s1. The SMILES string of the molecule is NC[C@@H]1CCN(Cc2ccc(Cl)c(Cl)c2)S1(=O)=O. The van der Waals surface area contributed by atoms with E-state index >= 15 is 0 Å². The molecule has 18 heavy (non-hydrogen) atoms. The maximum absolute atomic E-state index is 12.1. The van der Waals surface area contributed by atoms with Gasteiger partial charge in [-0.3, -0.25) is 0 Å². The van der Waals surface area contributed by atoms with Crippen molar-refractivity contribution in [1.82, 2.24) is 4.31 Å². The molecule has 0 aliphatic carbocycles. The Balaban J connectivity index is 2.18. The smallest absolute Gasteiger partial charge is 0.218 e. The van der Waals surface area contributed by atoms with Crippen LogP contribution < -0.4 is 5.73 Å². The molecule has 0 spiro atoms. The molecule has 1 heterocycles. The highest BCUT2D eigenvalue weighted by atomic mass is 35.5. The highest BCUT2D eigenvalue weighted by Gasteiger charge is 2.37. The number of nitrogens with two attached hydrogens (primary N) is 1. The molecule has 1 atom stereocenters. The van der Waals surface area contributed by atoms with Crippen LogP contribution in [0.2, 0.25) is 10.0 Å². The Bertz CT molecular complexity index is 548. The monoisotopic (exact) mass is 308 g/mol. The summed E-state index contributed by atoms with van der Waals surface area (Å²) >= 11 is 11.7. The number of hydrogen-bond donors (Lipinski definition) is 1. The van der Waals surface area contributed by atoms with Crippen molar-refractivity contribution in [1.29, 1.82) is 0 Å². The number of hydrogen-bond acceptors (Lipinski definition) is 3. The van der Waals surface area contributed by atoms with E-state index in [2.05, 4.69) is 0 Å². The summed E-state index contributed by atoms with van der Waals surface area (Å²) in [5.41, 5.74) is 6.29. The van der Waals surface area contributed by atoms with Crippen LogP contribution in [-0.2, 0) is 16.6 Å². The molecule has 1 saturated heterocycles. The summed E-state index contributed by atoms with van der Waals surface area (Å²) in [4.78, 5) is 0.